The Hall–Kier alpha value is -3.78. The third-order valence-electron chi connectivity index (χ3n) is 4.97. The lowest BCUT2D eigenvalue weighted by molar-refractivity contribution is -0.122. The van der Waals surface area contributed by atoms with Gasteiger partial charge in [0.2, 0.25) is 0 Å². The molecule has 1 saturated heterocycles. The molecule has 0 atom stereocenters. The first-order chi connectivity index (χ1) is 17.1. The number of ether oxygens (including phenoxy) is 1. The molecule has 0 aliphatic carbocycles. The van der Waals surface area contributed by atoms with Gasteiger partial charge in [0.25, 0.3) is 11.8 Å². The number of rotatable bonds is 6. The summed E-state index contributed by atoms with van der Waals surface area (Å²) in [5.41, 5.74) is -0.00528. The highest BCUT2D eigenvalue weighted by molar-refractivity contribution is 14.1. The zero-order chi connectivity index (χ0) is 26.0. The highest BCUT2D eigenvalue weighted by Crippen LogP contribution is 2.37. The van der Waals surface area contributed by atoms with Gasteiger partial charge < -0.3 is 8.92 Å². The fourth-order valence-electron chi connectivity index (χ4n) is 3.30. The first-order valence-electron chi connectivity index (χ1n) is 10.1. The Labute approximate surface area is 218 Å². The number of nitrogens with zero attached hydrogens (tertiary/aromatic N) is 1. The number of carbonyl (C=O) groups is 3. The number of hydrogen-bond donors (Lipinski definition) is 1. The van der Waals surface area contributed by atoms with E-state index in [0.717, 1.165) is 12.1 Å². The number of carbonyl (C=O) groups excluding carboxylic acids is 3. The summed E-state index contributed by atoms with van der Waals surface area (Å²) >= 11 is 1.83. The summed E-state index contributed by atoms with van der Waals surface area (Å²) < 4.78 is 49.6. The summed E-state index contributed by atoms with van der Waals surface area (Å²) in [7, 11) is -2.86. The summed E-state index contributed by atoms with van der Waals surface area (Å²) in [6.45, 7) is 0. The standard InChI is InChI=1S/C24H16FIN2O7S/c1-34-20-13-14(12-19(26)21(20)35-36(32,33)17-5-3-2-4-6-17)11-18-22(29)27-24(31)28(23(18)30)16-9-7-15(25)8-10-16/h2-13H,1H3,(H,27,29,31)/b18-11+. The molecule has 0 bridgehead atoms. The molecule has 12 heteroatoms. The third-order valence-corrected chi connectivity index (χ3v) is 7.01. The van der Waals surface area contributed by atoms with Crippen molar-refractivity contribution >= 4 is 62.3 Å². The third kappa shape index (κ3) is 5.09. The Morgan fingerprint density at radius 3 is 2.31 bits per heavy atom. The van der Waals surface area contributed by atoms with Crippen LogP contribution in [0.2, 0.25) is 0 Å². The van der Waals surface area contributed by atoms with Gasteiger partial charge in [0.15, 0.2) is 11.5 Å². The van der Waals surface area contributed by atoms with Gasteiger partial charge in [-0.1, -0.05) is 18.2 Å². The van der Waals surface area contributed by atoms with Crippen molar-refractivity contribution < 1.29 is 36.1 Å². The van der Waals surface area contributed by atoms with Gasteiger partial charge >= 0.3 is 16.1 Å². The predicted molar refractivity (Wildman–Crippen MR) is 135 cm³/mol. The average Bonchev–Trinajstić information content (AvgIpc) is 2.84. The van der Waals surface area contributed by atoms with Crippen molar-refractivity contribution in [3.8, 4) is 11.5 Å². The molecule has 9 nitrogen and oxygen atoms in total. The summed E-state index contributed by atoms with van der Waals surface area (Å²) in [5, 5.41) is 2.08. The van der Waals surface area contributed by atoms with E-state index in [1.165, 1.54) is 49.6 Å². The number of barbiturate groups is 1. The number of anilines is 1. The van der Waals surface area contributed by atoms with Gasteiger partial charge in [-0.05, 0) is 82.8 Å². The summed E-state index contributed by atoms with van der Waals surface area (Å²) in [6, 6.07) is 14.0. The van der Waals surface area contributed by atoms with E-state index in [0.29, 0.717) is 14.0 Å². The number of halogens is 2. The lowest BCUT2D eigenvalue weighted by atomic mass is 10.1. The maximum Gasteiger partial charge on any atom is 0.339 e. The number of amides is 4. The monoisotopic (exact) mass is 622 g/mol. The molecule has 1 heterocycles. The fraction of sp³-hybridized carbons (Fsp3) is 0.0417. The first kappa shape index (κ1) is 25.3. The van der Waals surface area contributed by atoms with Crippen LogP contribution in [0, 0.1) is 9.39 Å². The SMILES string of the molecule is COc1cc(/C=C2\C(=O)NC(=O)N(c3ccc(F)cc3)C2=O)cc(I)c1OS(=O)(=O)c1ccccc1. The number of methoxy groups -OCH3 is 1. The summed E-state index contributed by atoms with van der Waals surface area (Å²) in [4.78, 5) is 38.4. The van der Waals surface area contributed by atoms with Crippen LogP contribution in [0.1, 0.15) is 5.56 Å². The minimum absolute atomic E-state index is 0.0309. The van der Waals surface area contributed by atoms with E-state index in [-0.39, 0.29) is 27.7 Å². The second-order valence-corrected chi connectivity index (χ2v) is 10.0. The van der Waals surface area contributed by atoms with Crippen LogP contribution in [0.25, 0.3) is 6.08 Å². The number of imide groups is 2. The van der Waals surface area contributed by atoms with Gasteiger partial charge in [-0.25, -0.2) is 14.1 Å². The van der Waals surface area contributed by atoms with Crippen molar-refractivity contribution in [3.05, 3.63) is 87.3 Å². The second kappa shape index (κ2) is 10.1. The largest absolute Gasteiger partial charge is 0.493 e. The molecule has 4 rings (SSSR count). The van der Waals surface area contributed by atoms with E-state index in [9.17, 15) is 27.2 Å². The molecule has 1 aliphatic heterocycles. The first-order valence-corrected chi connectivity index (χ1v) is 12.6. The molecule has 0 radical (unpaired) electrons. The molecule has 1 N–H and O–H groups in total. The van der Waals surface area contributed by atoms with Crippen LogP contribution in [0.4, 0.5) is 14.9 Å². The zero-order valence-corrected chi connectivity index (χ0v) is 21.4. The molecule has 0 unspecified atom stereocenters. The molecular formula is C24H16FIN2O7S. The van der Waals surface area contributed by atoms with Crippen LogP contribution in [-0.4, -0.2) is 33.4 Å². The average molecular weight is 622 g/mol. The van der Waals surface area contributed by atoms with Crippen molar-refractivity contribution in [2.24, 2.45) is 0 Å². The van der Waals surface area contributed by atoms with Gasteiger partial charge in [-0.3, -0.25) is 14.9 Å². The highest BCUT2D eigenvalue weighted by Gasteiger charge is 2.37. The lowest BCUT2D eigenvalue weighted by Crippen LogP contribution is -2.54. The molecule has 3 aromatic rings. The van der Waals surface area contributed by atoms with E-state index in [4.69, 9.17) is 8.92 Å². The molecule has 1 fully saturated rings. The number of nitrogens with one attached hydrogen (secondary N) is 1. The van der Waals surface area contributed by atoms with Gasteiger partial charge in [-0.2, -0.15) is 8.42 Å². The Morgan fingerprint density at radius 1 is 1.00 bits per heavy atom. The van der Waals surface area contributed by atoms with Crippen molar-refractivity contribution in [1.82, 2.24) is 5.32 Å². The van der Waals surface area contributed by atoms with Gasteiger partial charge in [-0.15, -0.1) is 0 Å². The van der Waals surface area contributed by atoms with Crippen molar-refractivity contribution in [3.63, 3.8) is 0 Å². The van der Waals surface area contributed by atoms with Crippen LogP contribution in [0.5, 0.6) is 11.5 Å². The minimum atomic E-state index is -4.16. The minimum Gasteiger partial charge on any atom is -0.493 e. The van der Waals surface area contributed by atoms with E-state index >= 15 is 0 Å². The maximum atomic E-state index is 13.3. The van der Waals surface area contributed by atoms with E-state index in [1.54, 1.807) is 18.2 Å². The van der Waals surface area contributed by atoms with Crippen LogP contribution in [-0.2, 0) is 19.7 Å². The predicted octanol–water partition coefficient (Wildman–Crippen LogP) is 3.87. The Kier molecular flexibility index (Phi) is 7.08. The molecule has 0 spiro atoms. The molecule has 0 aromatic heterocycles. The number of benzene rings is 3. The lowest BCUT2D eigenvalue weighted by Gasteiger charge is -2.26. The molecule has 0 saturated carbocycles. The maximum absolute atomic E-state index is 13.3. The highest BCUT2D eigenvalue weighted by atomic mass is 127. The summed E-state index contributed by atoms with van der Waals surface area (Å²) in [6.07, 6.45) is 1.22. The van der Waals surface area contributed by atoms with Crippen LogP contribution in [0.15, 0.2) is 77.2 Å². The molecule has 4 amide bonds. The topological polar surface area (TPSA) is 119 Å². The molecular weight excluding hydrogens is 606 g/mol. The van der Waals surface area contributed by atoms with Gasteiger partial charge in [0.05, 0.1) is 16.4 Å². The number of hydrogen-bond acceptors (Lipinski definition) is 7. The van der Waals surface area contributed by atoms with Crippen molar-refractivity contribution in [2.45, 2.75) is 4.90 Å². The fourth-order valence-corrected chi connectivity index (χ4v) is 5.16. The molecule has 1 aliphatic rings. The summed E-state index contributed by atoms with van der Waals surface area (Å²) in [5.74, 6) is -2.45. The van der Waals surface area contributed by atoms with Crippen LogP contribution < -0.4 is 19.1 Å². The van der Waals surface area contributed by atoms with Crippen LogP contribution >= 0.6 is 22.6 Å². The van der Waals surface area contributed by atoms with Crippen molar-refractivity contribution in [2.75, 3.05) is 12.0 Å². The quantitative estimate of drug-likeness (QED) is 0.192. The van der Waals surface area contributed by atoms with Crippen LogP contribution in [0.3, 0.4) is 0 Å². The zero-order valence-electron chi connectivity index (χ0n) is 18.4. The van der Waals surface area contributed by atoms with E-state index < -0.39 is 33.8 Å². The Morgan fingerprint density at radius 2 is 1.67 bits per heavy atom. The Balaban J connectivity index is 1.70. The van der Waals surface area contributed by atoms with Gasteiger partial charge in [0.1, 0.15) is 16.3 Å². The number of urea groups is 1. The second-order valence-electron chi connectivity index (χ2n) is 7.32. The van der Waals surface area contributed by atoms with Crippen molar-refractivity contribution in [1.29, 1.82) is 0 Å². The van der Waals surface area contributed by atoms with E-state index in [1.807, 2.05) is 22.6 Å². The molecule has 184 valence electrons. The van der Waals surface area contributed by atoms with E-state index in [2.05, 4.69) is 5.32 Å². The smallest absolute Gasteiger partial charge is 0.339 e. The van der Waals surface area contributed by atoms with Gasteiger partial charge in [0, 0.05) is 0 Å². The normalized spacial score (nSPS) is 15.1. The molecule has 36 heavy (non-hydrogen) atoms. The Bertz CT molecular complexity index is 1510. The molecule has 3 aromatic carbocycles.